The van der Waals surface area contributed by atoms with Gasteiger partial charge in [0.1, 0.15) is 36.6 Å². The molecule has 9 atom stereocenters. The summed E-state index contributed by atoms with van der Waals surface area (Å²) in [6.45, 7) is 3.50. The molecule has 0 saturated carbocycles. The van der Waals surface area contributed by atoms with Gasteiger partial charge in [0.05, 0.1) is 25.4 Å². The molecule has 1 amide bonds. The normalized spacial score (nSPS) is 18.9. The third kappa shape index (κ3) is 50.0. The Labute approximate surface area is 524 Å². The predicted molar refractivity (Wildman–Crippen MR) is 358 cm³/mol. The molecule has 0 aromatic carbocycles. The molecular formula is C74H143NO10. The van der Waals surface area contributed by atoms with Gasteiger partial charge in [0.2, 0.25) is 5.91 Å². The molecule has 0 radical (unpaired) electrons. The monoisotopic (exact) mass is 1210 g/mol. The largest absolute Gasteiger partial charge is 0.394 e. The Bertz CT molecular complexity index is 1430. The Hall–Kier alpha value is -1.41. The second-order valence-corrected chi connectivity index (χ2v) is 26.4. The van der Waals surface area contributed by atoms with E-state index >= 15 is 0 Å². The van der Waals surface area contributed by atoms with Crippen LogP contribution in [0.2, 0.25) is 0 Å². The van der Waals surface area contributed by atoms with Gasteiger partial charge < -0.3 is 50.5 Å². The van der Waals surface area contributed by atoms with Gasteiger partial charge in [-0.2, -0.15) is 0 Å². The maximum Gasteiger partial charge on any atom is 0.249 e. The average Bonchev–Trinajstić information content (AvgIpc) is 3.51. The van der Waals surface area contributed by atoms with Crippen LogP contribution in [0.5, 0.6) is 0 Å². The fourth-order valence-electron chi connectivity index (χ4n) is 12.3. The number of hydrogen-bond acceptors (Lipinski definition) is 10. The third-order valence-electron chi connectivity index (χ3n) is 18.2. The quantitative estimate of drug-likeness (QED) is 0.0215. The van der Waals surface area contributed by atoms with E-state index in [1.165, 1.54) is 289 Å². The second kappa shape index (κ2) is 62.8. The van der Waals surface area contributed by atoms with Crippen LogP contribution in [0.1, 0.15) is 373 Å². The molecule has 1 rings (SSSR count). The van der Waals surface area contributed by atoms with E-state index in [9.17, 15) is 40.5 Å². The third-order valence-corrected chi connectivity index (χ3v) is 18.2. The number of aliphatic hydroxyl groups is 7. The summed E-state index contributed by atoms with van der Waals surface area (Å²) < 4.78 is 11.2. The molecule has 0 aliphatic carbocycles. The second-order valence-electron chi connectivity index (χ2n) is 26.4. The van der Waals surface area contributed by atoms with Gasteiger partial charge in [0.15, 0.2) is 6.29 Å². The number of unbranched alkanes of at least 4 members (excludes halogenated alkanes) is 50. The highest BCUT2D eigenvalue weighted by Gasteiger charge is 2.44. The molecule has 1 heterocycles. The number of allylic oxidation sites excluding steroid dienone is 4. The van der Waals surface area contributed by atoms with Crippen molar-refractivity contribution in [3.8, 4) is 0 Å². The molecule has 1 fully saturated rings. The molecule has 1 saturated heterocycles. The van der Waals surface area contributed by atoms with E-state index in [4.69, 9.17) is 9.47 Å². The summed E-state index contributed by atoms with van der Waals surface area (Å²) in [6, 6.07) is -1.19. The van der Waals surface area contributed by atoms with E-state index in [2.05, 4.69) is 43.5 Å². The highest BCUT2D eigenvalue weighted by atomic mass is 16.7. The summed E-state index contributed by atoms with van der Waals surface area (Å²) >= 11 is 0. The highest BCUT2D eigenvalue weighted by molar-refractivity contribution is 5.80. The maximum atomic E-state index is 13.3. The average molecular weight is 1210 g/mol. The Morgan fingerprint density at radius 3 is 1.05 bits per heavy atom. The van der Waals surface area contributed by atoms with Gasteiger partial charge in [-0.15, -0.1) is 0 Å². The SMILES string of the molecule is CCCCCCCCCCCCCCC/C=C/CC/C=C/CCCC(O)C(O)C(COC1OC(CO)C(O)C(O)C1O)NC(=O)C(O)CCCCCCCCCCCCCCCCCCCCCCCCCCCCCCCCCCCCCC. The standard InChI is InChI=1S/C74H143NO10/c1-3-5-7-9-11-13-15-17-19-21-23-25-27-28-29-30-31-32-33-34-35-36-37-38-39-40-42-44-46-48-50-52-54-56-58-60-62-67(78)73(83)75-65(64-84-74-72(82)71(81)70(80)68(63-76)85-74)69(79)66(77)61-59-57-55-53-51-49-47-45-43-41-26-24-22-20-18-16-14-12-10-8-6-4-2/h45,47,53,55,65-72,74,76-82H,3-44,46,48-52,54,56-64H2,1-2H3,(H,75,83)/b47-45+,55-53+. The predicted octanol–water partition coefficient (Wildman–Crippen LogP) is 18.4. The minimum Gasteiger partial charge on any atom is -0.394 e. The van der Waals surface area contributed by atoms with E-state index in [1.807, 2.05) is 0 Å². The Balaban J connectivity index is 2.15. The number of hydrogen-bond donors (Lipinski definition) is 8. The highest BCUT2D eigenvalue weighted by Crippen LogP contribution is 2.24. The van der Waals surface area contributed by atoms with Gasteiger partial charge in [-0.1, -0.05) is 346 Å². The van der Waals surface area contributed by atoms with Crippen LogP contribution in [0.25, 0.3) is 0 Å². The van der Waals surface area contributed by atoms with Crippen molar-refractivity contribution < 1.29 is 50.0 Å². The lowest BCUT2D eigenvalue weighted by Crippen LogP contribution is -2.60. The molecule has 0 spiro atoms. The number of aliphatic hydroxyl groups excluding tert-OH is 7. The van der Waals surface area contributed by atoms with Crippen molar-refractivity contribution in [3.63, 3.8) is 0 Å². The smallest absolute Gasteiger partial charge is 0.249 e. The fraction of sp³-hybridized carbons (Fsp3) is 0.932. The topological polar surface area (TPSA) is 189 Å². The molecule has 1 aliphatic heterocycles. The van der Waals surface area contributed by atoms with Crippen molar-refractivity contribution in [2.75, 3.05) is 13.2 Å². The number of rotatable bonds is 66. The number of carbonyl (C=O) groups is 1. The van der Waals surface area contributed by atoms with E-state index in [1.54, 1.807) is 0 Å². The van der Waals surface area contributed by atoms with Crippen molar-refractivity contribution in [2.24, 2.45) is 0 Å². The van der Waals surface area contributed by atoms with Crippen molar-refractivity contribution in [3.05, 3.63) is 24.3 Å². The summed E-state index contributed by atoms with van der Waals surface area (Å²) in [5.41, 5.74) is 0. The van der Waals surface area contributed by atoms with Crippen LogP contribution in [-0.2, 0) is 14.3 Å². The first-order valence-corrected chi connectivity index (χ1v) is 37.2. The Morgan fingerprint density at radius 2 is 0.706 bits per heavy atom. The van der Waals surface area contributed by atoms with Gasteiger partial charge in [0, 0.05) is 0 Å². The van der Waals surface area contributed by atoms with Crippen LogP contribution < -0.4 is 5.32 Å². The zero-order chi connectivity index (χ0) is 61.7. The molecule has 0 bridgehead atoms. The van der Waals surface area contributed by atoms with Crippen LogP contribution in [0.4, 0.5) is 0 Å². The van der Waals surface area contributed by atoms with Gasteiger partial charge in [0.25, 0.3) is 0 Å². The van der Waals surface area contributed by atoms with E-state index in [0.717, 1.165) is 38.5 Å². The first kappa shape index (κ1) is 81.6. The summed E-state index contributed by atoms with van der Waals surface area (Å²) in [6.07, 6.45) is 68.6. The van der Waals surface area contributed by atoms with Crippen LogP contribution >= 0.6 is 0 Å². The van der Waals surface area contributed by atoms with Gasteiger partial charge in [-0.3, -0.25) is 4.79 Å². The van der Waals surface area contributed by atoms with Crippen LogP contribution in [0, 0.1) is 0 Å². The zero-order valence-electron chi connectivity index (χ0n) is 55.9. The lowest BCUT2D eigenvalue weighted by Gasteiger charge is -2.40. The fourth-order valence-corrected chi connectivity index (χ4v) is 12.3. The first-order valence-electron chi connectivity index (χ1n) is 37.2. The molecule has 8 N–H and O–H groups in total. The van der Waals surface area contributed by atoms with Crippen molar-refractivity contribution in [1.82, 2.24) is 5.32 Å². The first-order chi connectivity index (χ1) is 41.7. The Morgan fingerprint density at radius 1 is 0.400 bits per heavy atom. The van der Waals surface area contributed by atoms with Crippen LogP contribution in [0.15, 0.2) is 24.3 Å². The molecular weight excluding hydrogens is 1060 g/mol. The zero-order valence-corrected chi connectivity index (χ0v) is 55.9. The van der Waals surface area contributed by atoms with Crippen molar-refractivity contribution >= 4 is 5.91 Å². The molecule has 85 heavy (non-hydrogen) atoms. The molecule has 1 aliphatic rings. The van der Waals surface area contributed by atoms with Gasteiger partial charge in [-0.05, 0) is 51.4 Å². The van der Waals surface area contributed by atoms with Crippen molar-refractivity contribution in [2.45, 2.75) is 428 Å². The number of nitrogens with one attached hydrogen (secondary N) is 1. The Kier molecular flexibility index (Phi) is 60.3. The lowest BCUT2D eigenvalue weighted by atomic mass is 9.98. The minimum atomic E-state index is -1.67. The van der Waals surface area contributed by atoms with Gasteiger partial charge in [-0.25, -0.2) is 0 Å². The summed E-state index contributed by atoms with van der Waals surface area (Å²) in [5.74, 6) is -0.703. The molecule has 11 heteroatoms. The van der Waals surface area contributed by atoms with Crippen LogP contribution in [0.3, 0.4) is 0 Å². The number of carbonyl (C=O) groups excluding carboxylic acids is 1. The summed E-state index contributed by atoms with van der Waals surface area (Å²) in [7, 11) is 0. The van der Waals surface area contributed by atoms with E-state index < -0.39 is 74.2 Å². The van der Waals surface area contributed by atoms with E-state index in [-0.39, 0.29) is 12.8 Å². The van der Waals surface area contributed by atoms with Crippen molar-refractivity contribution in [1.29, 1.82) is 0 Å². The number of ether oxygens (including phenoxy) is 2. The molecule has 9 unspecified atom stereocenters. The molecule has 504 valence electrons. The maximum absolute atomic E-state index is 13.3. The van der Waals surface area contributed by atoms with E-state index in [0.29, 0.717) is 19.3 Å². The summed E-state index contributed by atoms with van der Waals surface area (Å²) in [4.78, 5) is 13.3. The molecule has 0 aromatic rings. The minimum absolute atomic E-state index is 0.249. The van der Waals surface area contributed by atoms with Crippen LogP contribution in [-0.4, -0.2) is 110 Å². The lowest BCUT2D eigenvalue weighted by molar-refractivity contribution is -0.303. The van der Waals surface area contributed by atoms with Gasteiger partial charge >= 0.3 is 0 Å². The molecule has 0 aromatic heterocycles. The summed E-state index contributed by atoms with van der Waals surface area (Å²) in [5, 5.41) is 76.5. The molecule has 11 nitrogen and oxygen atoms in total. The number of amides is 1.